The van der Waals surface area contributed by atoms with Gasteiger partial charge >= 0.3 is 5.97 Å². The fourth-order valence-corrected chi connectivity index (χ4v) is 2.07. The number of hydrogen-bond acceptors (Lipinski definition) is 3. The third-order valence-corrected chi connectivity index (χ3v) is 3.35. The van der Waals surface area contributed by atoms with E-state index in [0.717, 1.165) is 5.56 Å². The van der Waals surface area contributed by atoms with Gasteiger partial charge in [-0.1, -0.05) is 17.7 Å². The van der Waals surface area contributed by atoms with E-state index in [1.54, 1.807) is 19.1 Å². The monoisotopic (exact) mass is 238 g/mol. The first-order valence-corrected chi connectivity index (χ1v) is 6.00. The molecule has 0 radical (unpaired) electrons. The summed E-state index contributed by atoms with van der Waals surface area (Å²) in [6.45, 7) is 3.54. The minimum absolute atomic E-state index is 0.349. The molecule has 1 aromatic rings. The minimum Gasteiger partial charge on any atom is -0.466 e. The number of carbonyl (C=O) groups excluding carboxylic acids is 1. The fraction of sp³-hybridized carbons (Fsp3) is 0.250. The molecule has 0 heterocycles. The van der Waals surface area contributed by atoms with E-state index in [9.17, 15) is 9.00 Å². The maximum absolute atomic E-state index is 11.8. The van der Waals surface area contributed by atoms with Crippen LogP contribution in [0.25, 0.3) is 0 Å². The molecule has 0 aliphatic carbocycles. The van der Waals surface area contributed by atoms with Crippen LogP contribution in [0.4, 0.5) is 0 Å². The average Bonchev–Trinajstić information content (AvgIpc) is 2.28. The van der Waals surface area contributed by atoms with Crippen molar-refractivity contribution < 1.29 is 13.7 Å². The summed E-state index contributed by atoms with van der Waals surface area (Å²) in [5, 5.41) is 1.40. The summed E-state index contributed by atoms with van der Waals surface area (Å²) in [5.41, 5.74) is 1.45. The van der Waals surface area contributed by atoms with Gasteiger partial charge in [0, 0.05) is 15.9 Å². The Hall–Kier alpha value is -1.42. The van der Waals surface area contributed by atoms with Crippen molar-refractivity contribution in [3.63, 3.8) is 0 Å². The summed E-state index contributed by atoms with van der Waals surface area (Å²) in [4.78, 5) is 11.8. The molecule has 1 atom stereocenters. The Kier molecular flexibility index (Phi) is 4.43. The van der Waals surface area contributed by atoms with Crippen LogP contribution in [-0.4, -0.2) is 17.3 Å². The molecule has 0 aliphatic heterocycles. The maximum Gasteiger partial charge on any atom is 0.334 e. The predicted molar refractivity (Wildman–Crippen MR) is 63.4 cm³/mol. The van der Waals surface area contributed by atoms with E-state index in [-0.39, 0.29) is 0 Å². The number of ether oxygens (including phenoxy) is 1. The third kappa shape index (κ3) is 3.31. The Morgan fingerprint density at radius 3 is 2.38 bits per heavy atom. The SMILES string of the molecule is COC(=O)/C(C)=C\[S@@](=O)c1ccc(C)cc1. The first-order chi connectivity index (χ1) is 7.54. The van der Waals surface area contributed by atoms with E-state index < -0.39 is 16.8 Å². The van der Waals surface area contributed by atoms with Crippen LogP contribution in [0.5, 0.6) is 0 Å². The number of methoxy groups -OCH3 is 1. The lowest BCUT2D eigenvalue weighted by Crippen LogP contribution is -2.02. The molecule has 0 unspecified atom stereocenters. The number of esters is 1. The van der Waals surface area contributed by atoms with Gasteiger partial charge in [0.05, 0.1) is 17.9 Å². The van der Waals surface area contributed by atoms with Crippen LogP contribution < -0.4 is 0 Å². The van der Waals surface area contributed by atoms with Crippen LogP contribution in [0.1, 0.15) is 12.5 Å². The molecular weight excluding hydrogens is 224 g/mol. The highest BCUT2D eigenvalue weighted by Gasteiger charge is 2.06. The third-order valence-electron chi connectivity index (χ3n) is 2.04. The normalized spacial score (nSPS) is 13.3. The van der Waals surface area contributed by atoms with Gasteiger partial charge in [0.1, 0.15) is 0 Å². The smallest absolute Gasteiger partial charge is 0.334 e. The van der Waals surface area contributed by atoms with Crippen LogP contribution >= 0.6 is 0 Å². The highest BCUT2D eigenvalue weighted by Crippen LogP contribution is 2.11. The maximum atomic E-state index is 11.8. The summed E-state index contributed by atoms with van der Waals surface area (Å²) in [6, 6.07) is 7.34. The molecule has 0 amide bonds. The van der Waals surface area contributed by atoms with Crippen molar-refractivity contribution in [2.75, 3.05) is 7.11 Å². The van der Waals surface area contributed by atoms with Crippen molar-refractivity contribution in [2.45, 2.75) is 18.7 Å². The summed E-state index contributed by atoms with van der Waals surface area (Å²) in [7, 11) is -0.00675. The second-order valence-corrected chi connectivity index (χ2v) is 4.70. The number of hydrogen-bond donors (Lipinski definition) is 0. The Morgan fingerprint density at radius 1 is 1.31 bits per heavy atom. The second-order valence-electron chi connectivity index (χ2n) is 3.40. The van der Waals surface area contributed by atoms with Gasteiger partial charge in [-0.25, -0.2) is 9.00 Å². The van der Waals surface area contributed by atoms with Crippen LogP contribution in [0.3, 0.4) is 0 Å². The van der Waals surface area contributed by atoms with Crippen LogP contribution in [0.2, 0.25) is 0 Å². The molecule has 0 aliphatic rings. The van der Waals surface area contributed by atoms with Crippen molar-refractivity contribution in [1.82, 2.24) is 0 Å². The predicted octanol–water partition coefficient (Wildman–Crippen LogP) is 2.18. The van der Waals surface area contributed by atoms with Crippen molar-refractivity contribution in [1.29, 1.82) is 0 Å². The molecule has 0 aromatic heterocycles. The zero-order valence-corrected chi connectivity index (χ0v) is 10.3. The summed E-state index contributed by atoms with van der Waals surface area (Å²) >= 11 is 0. The highest BCUT2D eigenvalue weighted by molar-refractivity contribution is 7.88. The van der Waals surface area contributed by atoms with Gasteiger partial charge in [0.2, 0.25) is 0 Å². The highest BCUT2D eigenvalue weighted by atomic mass is 32.2. The average molecular weight is 238 g/mol. The zero-order chi connectivity index (χ0) is 12.1. The second kappa shape index (κ2) is 5.61. The van der Waals surface area contributed by atoms with Crippen molar-refractivity contribution in [3.05, 3.63) is 40.8 Å². The van der Waals surface area contributed by atoms with Crippen LogP contribution in [0.15, 0.2) is 40.1 Å². The Bertz CT molecular complexity index is 432. The Morgan fingerprint density at radius 2 is 1.88 bits per heavy atom. The van der Waals surface area contributed by atoms with Gasteiger partial charge in [-0.3, -0.25) is 0 Å². The van der Waals surface area contributed by atoms with Crippen molar-refractivity contribution >= 4 is 16.8 Å². The van der Waals surface area contributed by atoms with Crippen molar-refractivity contribution in [3.8, 4) is 0 Å². The fourth-order valence-electron chi connectivity index (χ4n) is 1.11. The summed E-state index contributed by atoms with van der Waals surface area (Å²) in [6.07, 6.45) is 0. The standard InChI is InChI=1S/C12H14O3S/c1-9-4-6-11(7-5-9)16(14)8-10(2)12(13)15-3/h4-8H,1-3H3/b10-8-/t16-/m1/s1. The first kappa shape index (κ1) is 12.6. The quantitative estimate of drug-likeness (QED) is 0.599. The van der Waals surface area contributed by atoms with Crippen molar-refractivity contribution in [2.24, 2.45) is 0 Å². The molecule has 1 aromatic carbocycles. The Labute approximate surface area is 97.6 Å². The lowest BCUT2D eigenvalue weighted by atomic mass is 10.2. The van der Waals surface area contributed by atoms with Gasteiger partial charge in [-0.05, 0) is 26.0 Å². The number of benzene rings is 1. The minimum atomic E-state index is -1.31. The molecular formula is C12H14O3S. The van der Waals surface area contributed by atoms with E-state index in [1.807, 2.05) is 19.1 Å². The van der Waals surface area contributed by atoms with E-state index >= 15 is 0 Å². The molecule has 1 rings (SSSR count). The van der Waals surface area contributed by atoms with Gasteiger partial charge in [0.15, 0.2) is 0 Å². The lowest BCUT2D eigenvalue weighted by molar-refractivity contribution is -0.136. The largest absolute Gasteiger partial charge is 0.466 e. The molecule has 0 N–H and O–H groups in total. The molecule has 0 bridgehead atoms. The number of carbonyl (C=O) groups is 1. The van der Waals surface area contributed by atoms with E-state index in [2.05, 4.69) is 4.74 Å². The topological polar surface area (TPSA) is 43.4 Å². The number of rotatable bonds is 3. The molecule has 0 saturated carbocycles. The van der Waals surface area contributed by atoms with E-state index in [0.29, 0.717) is 10.5 Å². The van der Waals surface area contributed by atoms with Gasteiger partial charge in [0.25, 0.3) is 0 Å². The summed E-state index contributed by atoms with van der Waals surface area (Å²) in [5.74, 6) is -0.458. The zero-order valence-electron chi connectivity index (χ0n) is 9.52. The molecule has 0 fully saturated rings. The molecule has 0 saturated heterocycles. The molecule has 0 spiro atoms. The molecule has 86 valence electrons. The lowest BCUT2D eigenvalue weighted by Gasteiger charge is -2.00. The molecule has 4 heteroatoms. The first-order valence-electron chi connectivity index (χ1n) is 4.78. The number of aryl methyl sites for hydroxylation is 1. The van der Waals surface area contributed by atoms with Gasteiger partial charge < -0.3 is 4.74 Å². The van der Waals surface area contributed by atoms with Gasteiger partial charge in [-0.2, -0.15) is 0 Å². The van der Waals surface area contributed by atoms with E-state index in [4.69, 9.17) is 0 Å². The van der Waals surface area contributed by atoms with Gasteiger partial charge in [-0.15, -0.1) is 0 Å². The Balaban J connectivity index is 2.87. The molecule has 16 heavy (non-hydrogen) atoms. The van der Waals surface area contributed by atoms with E-state index in [1.165, 1.54) is 12.5 Å². The molecule has 3 nitrogen and oxygen atoms in total. The summed E-state index contributed by atoms with van der Waals surface area (Å²) < 4.78 is 16.3. The van der Waals surface area contributed by atoms with Crippen LogP contribution in [-0.2, 0) is 20.3 Å². The van der Waals surface area contributed by atoms with Crippen LogP contribution in [0, 0.1) is 6.92 Å².